The lowest BCUT2D eigenvalue weighted by Crippen LogP contribution is -2.31. The van der Waals surface area contributed by atoms with E-state index in [1.807, 2.05) is 6.07 Å². The third kappa shape index (κ3) is 4.89. The summed E-state index contributed by atoms with van der Waals surface area (Å²) < 4.78 is 41.2. The average Bonchev–Trinajstić information content (AvgIpc) is 2.78. The Morgan fingerprint density at radius 2 is 2.14 bits per heavy atom. The van der Waals surface area contributed by atoms with Gasteiger partial charge in [0.15, 0.2) is 6.61 Å². The van der Waals surface area contributed by atoms with Crippen LogP contribution in [0.4, 0.5) is 13.2 Å². The van der Waals surface area contributed by atoms with Gasteiger partial charge in [-0.05, 0) is 42.6 Å². The van der Waals surface area contributed by atoms with E-state index >= 15 is 0 Å². The molecule has 0 aliphatic carbocycles. The second-order valence-corrected chi connectivity index (χ2v) is 6.03. The fourth-order valence-electron chi connectivity index (χ4n) is 2.58. The van der Waals surface area contributed by atoms with Crippen molar-refractivity contribution >= 4 is 0 Å². The first-order chi connectivity index (χ1) is 9.80. The molecule has 1 aliphatic heterocycles. The van der Waals surface area contributed by atoms with Gasteiger partial charge in [-0.3, -0.25) is 4.90 Å². The summed E-state index contributed by atoms with van der Waals surface area (Å²) in [6.45, 7) is 4.14. The molecule has 1 heterocycles. The molecule has 2 rings (SSSR count). The minimum absolute atomic E-state index is 0.143. The van der Waals surface area contributed by atoms with Crippen molar-refractivity contribution in [2.45, 2.75) is 26.1 Å². The van der Waals surface area contributed by atoms with E-state index < -0.39 is 12.8 Å². The molecule has 1 fully saturated rings. The van der Waals surface area contributed by atoms with Crippen molar-refractivity contribution in [1.29, 1.82) is 0 Å². The van der Waals surface area contributed by atoms with Crippen LogP contribution >= 0.6 is 0 Å². The summed E-state index contributed by atoms with van der Waals surface area (Å²) in [5, 5.41) is 0. The van der Waals surface area contributed by atoms with Gasteiger partial charge in [0.2, 0.25) is 0 Å². The Morgan fingerprint density at radius 1 is 1.38 bits per heavy atom. The number of nitrogens with two attached hydrogens (primary N) is 1. The highest BCUT2D eigenvalue weighted by Gasteiger charge is 2.32. The van der Waals surface area contributed by atoms with Crippen LogP contribution in [-0.4, -0.2) is 37.3 Å². The summed E-state index contributed by atoms with van der Waals surface area (Å²) in [5.41, 5.74) is 6.87. The van der Waals surface area contributed by atoms with Gasteiger partial charge in [-0.15, -0.1) is 0 Å². The fraction of sp³-hybridized carbons (Fsp3) is 0.600. The number of rotatable bonds is 5. The highest BCUT2D eigenvalue weighted by atomic mass is 19.4. The van der Waals surface area contributed by atoms with Crippen LogP contribution in [0.3, 0.4) is 0 Å². The van der Waals surface area contributed by atoms with E-state index in [0.717, 1.165) is 25.1 Å². The summed E-state index contributed by atoms with van der Waals surface area (Å²) in [7, 11) is 0. The molecule has 2 N–H and O–H groups in total. The summed E-state index contributed by atoms with van der Waals surface area (Å²) in [5.74, 6) is 0.255. The Hall–Kier alpha value is -1.27. The topological polar surface area (TPSA) is 38.5 Å². The maximum absolute atomic E-state index is 12.1. The van der Waals surface area contributed by atoms with Crippen LogP contribution in [0.5, 0.6) is 5.75 Å². The lowest BCUT2D eigenvalue weighted by Gasteiger charge is -2.22. The van der Waals surface area contributed by atoms with Crippen LogP contribution in [0.2, 0.25) is 0 Å². The Balaban J connectivity index is 1.93. The van der Waals surface area contributed by atoms with Gasteiger partial charge in [0.1, 0.15) is 5.75 Å². The second-order valence-electron chi connectivity index (χ2n) is 6.03. The van der Waals surface area contributed by atoms with Crippen molar-refractivity contribution in [2.24, 2.45) is 11.1 Å². The Kier molecular flexibility index (Phi) is 4.78. The van der Waals surface area contributed by atoms with Crippen LogP contribution in [0.25, 0.3) is 0 Å². The van der Waals surface area contributed by atoms with E-state index in [4.69, 9.17) is 10.5 Å². The Bertz CT molecular complexity index is 478. The molecular formula is C15H21F3N2O. The maximum atomic E-state index is 12.1. The predicted molar refractivity (Wildman–Crippen MR) is 75.0 cm³/mol. The van der Waals surface area contributed by atoms with Crippen molar-refractivity contribution in [1.82, 2.24) is 4.90 Å². The summed E-state index contributed by atoms with van der Waals surface area (Å²) >= 11 is 0. The molecule has 118 valence electrons. The Labute approximate surface area is 122 Å². The van der Waals surface area contributed by atoms with Gasteiger partial charge < -0.3 is 10.5 Å². The van der Waals surface area contributed by atoms with Crippen molar-refractivity contribution in [3.63, 3.8) is 0 Å². The first kappa shape index (κ1) is 16.1. The van der Waals surface area contributed by atoms with Crippen molar-refractivity contribution in [2.75, 3.05) is 26.2 Å². The standard InChI is InChI=1S/C15H21F3N2O/c1-14(9-19)5-6-20(10-14)8-12-3-2-4-13(7-12)21-11-15(16,17)18/h2-4,7H,5-6,8-11,19H2,1H3. The molecule has 1 aromatic carbocycles. The van der Waals surface area contributed by atoms with Gasteiger partial charge in [0.25, 0.3) is 0 Å². The third-order valence-electron chi connectivity index (χ3n) is 3.84. The molecule has 21 heavy (non-hydrogen) atoms. The molecule has 0 saturated carbocycles. The number of benzene rings is 1. The molecule has 1 aliphatic rings. The molecule has 6 heteroatoms. The van der Waals surface area contributed by atoms with E-state index in [2.05, 4.69) is 11.8 Å². The smallest absolute Gasteiger partial charge is 0.422 e. The van der Waals surface area contributed by atoms with Gasteiger partial charge >= 0.3 is 6.18 Å². The molecule has 1 saturated heterocycles. The molecule has 0 radical (unpaired) electrons. The van der Waals surface area contributed by atoms with E-state index in [1.165, 1.54) is 0 Å². The second kappa shape index (κ2) is 6.23. The molecule has 1 unspecified atom stereocenters. The first-order valence-electron chi connectivity index (χ1n) is 7.01. The highest BCUT2D eigenvalue weighted by Crippen LogP contribution is 2.30. The summed E-state index contributed by atoms with van der Waals surface area (Å²) in [4.78, 5) is 2.27. The quantitative estimate of drug-likeness (QED) is 0.909. The highest BCUT2D eigenvalue weighted by molar-refractivity contribution is 5.28. The number of alkyl halides is 3. The zero-order chi connectivity index (χ0) is 15.5. The van der Waals surface area contributed by atoms with E-state index in [1.54, 1.807) is 18.2 Å². The number of nitrogens with zero attached hydrogens (tertiary/aromatic N) is 1. The van der Waals surface area contributed by atoms with Crippen LogP contribution in [0.1, 0.15) is 18.9 Å². The van der Waals surface area contributed by atoms with Gasteiger partial charge in [0.05, 0.1) is 0 Å². The average molecular weight is 302 g/mol. The van der Waals surface area contributed by atoms with Crippen LogP contribution in [-0.2, 0) is 6.54 Å². The minimum atomic E-state index is -4.31. The predicted octanol–water partition coefficient (Wildman–Crippen LogP) is 2.80. The normalized spacial score (nSPS) is 23.5. The first-order valence-corrected chi connectivity index (χ1v) is 7.01. The monoisotopic (exact) mass is 302 g/mol. The molecule has 3 nitrogen and oxygen atoms in total. The zero-order valence-corrected chi connectivity index (χ0v) is 12.1. The summed E-state index contributed by atoms with van der Waals surface area (Å²) in [6.07, 6.45) is -3.26. The van der Waals surface area contributed by atoms with Crippen LogP contribution in [0.15, 0.2) is 24.3 Å². The van der Waals surface area contributed by atoms with Crippen LogP contribution < -0.4 is 10.5 Å². The molecule has 0 amide bonds. The SMILES string of the molecule is CC1(CN)CCN(Cc2cccc(OCC(F)(F)F)c2)C1. The third-order valence-corrected chi connectivity index (χ3v) is 3.84. The van der Waals surface area contributed by atoms with Crippen molar-refractivity contribution in [3.05, 3.63) is 29.8 Å². The maximum Gasteiger partial charge on any atom is 0.422 e. The number of ether oxygens (including phenoxy) is 1. The number of hydrogen-bond acceptors (Lipinski definition) is 3. The number of hydrogen-bond donors (Lipinski definition) is 1. The molecule has 0 bridgehead atoms. The zero-order valence-electron chi connectivity index (χ0n) is 12.1. The molecule has 0 spiro atoms. The molecular weight excluding hydrogens is 281 g/mol. The van der Waals surface area contributed by atoms with E-state index in [9.17, 15) is 13.2 Å². The molecule has 0 aromatic heterocycles. The van der Waals surface area contributed by atoms with Gasteiger partial charge in [-0.2, -0.15) is 13.2 Å². The van der Waals surface area contributed by atoms with Gasteiger partial charge in [0, 0.05) is 13.1 Å². The summed E-state index contributed by atoms with van der Waals surface area (Å²) in [6, 6.07) is 6.84. The minimum Gasteiger partial charge on any atom is -0.484 e. The van der Waals surface area contributed by atoms with E-state index in [-0.39, 0.29) is 11.2 Å². The van der Waals surface area contributed by atoms with Crippen LogP contribution in [0, 0.1) is 5.41 Å². The fourth-order valence-corrected chi connectivity index (χ4v) is 2.58. The lowest BCUT2D eigenvalue weighted by molar-refractivity contribution is -0.153. The molecule has 1 atom stereocenters. The van der Waals surface area contributed by atoms with E-state index in [0.29, 0.717) is 13.1 Å². The van der Waals surface area contributed by atoms with Gasteiger partial charge in [-0.1, -0.05) is 19.1 Å². The van der Waals surface area contributed by atoms with Crippen molar-refractivity contribution < 1.29 is 17.9 Å². The number of likely N-dealkylation sites (tertiary alicyclic amines) is 1. The Morgan fingerprint density at radius 3 is 2.76 bits per heavy atom. The number of halogens is 3. The largest absolute Gasteiger partial charge is 0.484 e. The van der Waals surface area contributed by atoms with Crippen molar-refractivity contribution in [3.8, 4) is 5.75 Å². The van der Waals surface area contributed by atoms with Gasteiger partial charge in [-0.25, -0.2) is 0 Å². The molecule has 1 aromatic rings. The lowest BCUT2D eigenvalue weighted by atomic mass is 9.90.